The van der Waals surface area contributed by atoms with Crippen molar-refractivity contribution in [2.24, 2.45) is 0 Å². The second-order valence-corrected chi connectivity index (χ2v) is 8.27. The van der Waals surface area contributed by atoms with E-state index in [2.05, 4.69) is 19.9 Å². The van der Waals surface area contributed by atoms with Crippen LogP contribution in [0.5, 0.6) is 0 Å². The van der Waals surface area contributed by atoms with Gasteiger partial charge in [-0.1, -0.05) is 23.2 Å². The van der Waals surface area contributed by atoms with Crippen LogP contribution in [0.15, 0.2) is 41.7 Å². The molecule has 154 valence electrons. The fourth-order valence-corrected chi connectivity index (χ4v) is 3.75. The summed E-state index contributed by atoms with van der Waals surface area (Å²) in [6.45, 7) is 3.83. The highest BCUT2D eigenvalue weighted by Crippen LogP contribution is 2.36. The van der Waals surface area contributed by atoms with Crippen molar-refractivity contribution >= 4 is 39.9 Å². The van der Waals surface area contributed by atoms with Gasteiger partial charge in [-0.15, -0.1) is 10.2 Å². The molecule has 0 radical (unpaired) electrons. The fraction of sp³-hybridized carbons (Fsp3) is 0.235. The van der Waals surface area contributed by atoms with E-state index in [0.29, 0.717) is 11.5 Å². The zero-order valence-electron chi connectivity index (χ0n) is 15.0. The van der Waals surface area contributed by atoms with Gasteiger partial charge in [-0.05, 0) is 38.1 Å². The number of nitrogens with zero attached hydrogens (tertiary/aromatic N) is 4. The predicted molar refractivity (Wildman–Crippen MR) is 105 cm³/mol. The summed E-state index contributed by atoms with van der Waals surface area (Å²) in [5.74, 6) is 0.392. The van der Waals surface area contributed by atoms with E-state index < -0.39 is 27.7 Å². The molecule has 2 aromatic heterocycles. The van der Waals surface area contributed by atoms with E-state index in [0.717, 1.165) is 12.1 Å². The largest absolute Gasteiger partial charge is 0.417 e. The summed E-state index contributed by atoms with van der Waals surface area (Å²) >= 11 is 11.6. The van der Waals surface area contributed by atoms with Gasteiger partial charge >= 0.3 is 6.18 Å². The van der Waals surface area contributed by atoms with Gasteiger partial charge in [0.15, 0.2) is 5.82 Å². The third-order valence-electron chi connectivity index (χ3n) is 3.86. The lowest BCUT2D eigenvalue weighted by molar-refractivity contribution is -0.137. The number of anilines is 1. The van der Waals surface area contributed by atoms with Crippen LogP contribution in [0.4, 0.5) is 18.9 Å². The molecule has 6 nitrogen and oxygen atoms in total. The molecule has 0 fully saturated rings. The van der Waals surface area contributed by atoms with Gasteiger partial charge in [0.25, 0.3) is 0 Å². The summed E-state index contributed by atoms with van der Waals surface area (Å²) in [5, 5.41) is 7.67. The highest BCUT2D eigenvalue weighted by Gasteiger charge is 2.34. The lowest BCUT2D eigenvalue weighted by Gasteiger charge is -2.15. The van der Waals surface area contributed by atoms with Crippen LogP contribution >= 0.6 is 23.2 Å². The lowest BCUT2D eigenvalue weighted by Crippen LogP contribution is -2.11. The van der Waals surface area contributed by atoms with Crippen molar-refractivity contribution in [3.05, 3.63) is 52.4 Å². The van der Waals surface area contributed by atoms with Crippen LogP contribution in [-0.4, -0.2) is 24.0 Å². The van der Waals surface area contributed by atoms with E-state index in [-0.39, 0.29) is 21.6 Å². The van der Waals surface area contributed by atoms with Crippen LogP contribution < -0.4 is 4.72 Å². The second kappa shape index (κ2) is 8.29. The molecule has 0 amide bonds. The molecule has 0 aliphatic heterocycles. The van der Waals surface area contributed by atoms with Crippen molar-refractivity contribution in [2.75, 3.05) is 4.72 Å². The van der Waals surface area contributed by atoms with Gasteiger partial charge in [0.2, 0.25) is 0 Å². The number of hydrogen-bond donors (Lipinski definition) is 1. The molecule has 0 spiro atoms. The van der Waals surface area contributed by atoms with Gasteiger partial charge in [0.05, 0.1) is 26.2 Å². The van der Waals surface area contributed by atoms with E-state index in [1.54, 1.807) is 4.57 Å². The Labute approximate surface area is 176 Å². The van der Waals surface area contributed by atoms with Gasteiger partial charge in [0.1, 0.15) is 23.0 Å². The number of aromatic nitrogens is 4. The number of alkyl halides is 3. The molecule has 1 N–H and O–H groups in total. The smallest absolute Gasteiger partial charge is 0.310 e. The predicted octanol–water partition coefficient (Wildman–Crippen LogP) is 5.38. The number of pyridine rings is 1. The summed E-state index contributed by atoms with van der Waals surface area (Å²) in [6, 6.07) is 4.50. The first kappa shape index (κ1) is 21.5. The molecule has 29 heavy (non-hydrogen) atoms. The van der Waals surface area contributed by atoms with Crippen molar-refractivity contribution in [1.82, 2.24) is 19.7 Å². The summed E-state index contributed by atoms with van der Waals surface area (Å²) in [5.41, 5.74) is -0.538. The molecule has 3 rings (SSSR count). The van der Waals surface area contributed by atoms with Gasteiger partial charge < -0.3 is 4.57 Å². The molecule has 0 saturated carbocycles. The molecule has 1 atom stereocenters. The monoisotopic (exact) mass is 463 g/mol. The normalized spacial score (nSPS) is 13.0. The van der Waals surface area contributed by atoms with Gasteiger partial charge in [-0.2, -0.15) is 13.2 Å². The molecular weight excluding hydrogens is 450 g/mol. The Kier molecular flexibility index (Phi) is 6.16. The van der Waals surface area contributed by atoms with E-state index in [1.165, 1.54) is 24.7 Å². The Balaban J connectivity index is 2.00. The number of benzene rings is 1. The number of rotatable bonds is 5. The SMILES string of the molecule is CC(C)n1cnnc1-c1ncc(Cl)cc1NS(=O)c1ccc(Cl)c(C(F)(F)F)c1. The minimum Gasteiger partial charge on any atom is -0.310 e. The second-order valence-electron chi connectivity index (χ2n) is 6.22. The Morgan fingerprint density at radius 1 is 1.21 bits per heavy atom. The van der Waals surface area contributed by atoms with Crippen LogP contribution in [0.1, 0.15) is 25.5 Å². The van der Waals surface area contributed by atoms with Gasteiger partial charge in [0, 0.05) is 12.2 Å². The van der Waals surface area contributed by atoms with E-state index >= 15 is 0 Å². The molecular formula is C17H14Cl2F3N5OS. The Hall–Kier alpha value is -2.17. The molecule has 0 aliphatic carbocycles. The molecule has 0 aliphatic rings. The first-order chi connectivity index (χ1) is 13.6. The van der Waals surface area contributed by atoms with Crippen LogP contribution in [0.25, 0.3) is 11.5 Å². The Morgan fingerprint density at radius 2 is 1.93 bits per heavy atom. The van der Waals surface area contributed by atoms with Crippen LogP contribution in [0.3, 0.4) is 0 Å². The summed E-state index contributed by atoms with van der Waals surface area (Å²) in [4.78, 5) is 4.12. The topological polar surface area (TPSA) is 72.7 Å². The van der Waals surface area contributed by atoms with Gasteiger partial charge in [-0.3, -0.25) is 4.72 Å². The summed E-state index contributed by atoms with van der Waals surface area (Å²) in [6.07, 6.45) is -1.77. The lowest BCUT2D eigenvalue weighted by atomic mass is 10.2. The molecule has 1 unspecified atom stereocenters. The molecule has 3 aromatic rings. The van der Waals surface area contributed by atoms with E-state index in [9.17, 15) is 17.4 Å². The summed E-state index contributed by atoms with van der Waals surface area (Å²) in [7, 11) is -2.05. The molecule has 1 aromatic carbocycles. The number of hydrogen-bond acceptors (Lipinski definition) is 4. The Bertz CT molecular complexity index is 1070. The van der Waals surface area contributed by atoms with E-state index in [4.69, 9.17) is 23.2 Å². The van der Waals surface area contributed by atoms with Crippen LogP contribution in [0, 0.1) is 0 Å². The first-order valence-electron chi connectivity index (χ1n) is 8.18. The highest BCUT2D eigenvalue weighted by molar-refractivity contribution is 7.86. The Morgan fingerprint density at radius 3 is 2.59 bits per heavy atom. The van der Waals surface area contributed by atoms with Crippen molar-refractivity contribution in [2.45, 2.75) is 31.0 Å². The third kappa shape index (κ3) is 4.71. The highest BCUT2D eigenvalue weighted by atomic mass is 35.5. The third-order valence-corrected chi connectivity index (χ3v) is 5.48. The molecule has 2 heterocycles. The van der Waals surface area contributed by atoms with Crippen molar-refractivity contribution < 1.29 is 17.4 Å². The van der Waals surface area contributed by atoms with Crippen LogP contribution in [0.2, 0.25) is 10.0 Å². The average Bonchev–Trinajstić information content (AvgIpc) is 3.11. The standard InChI is InChI=1S/C17H14Cl2F3N5OS/c1-9(2)27-8-24-25-16(27)15-14(5-10(18)7-23-15)26-29(28)11-3-4-13(19)12(6-11)17(20,21)22/h3-9,26H,1-2H3. The molecule has 0 saturated heterocycles. The number of nitrogens with one attached hydrogen (secondary N) is 1. The molecule has 12 heteroatoms. The maximum atomic E-state index is 13.1. The number of halogens is 5. The van der Waals surface area contributed by atoms with Crippen molar-refractivity contribution in [1.29, 1.82) is 0 Å². The maximum absolute atomic E-state index is 13.1. The minimum absolute atomic E-state index is 0.0152. The zero-order valence-corrected chi connectivity index (χ0v) is 17.4. The van der Waals surface area contributed by atoms with E-state index in [1.807, 2.05) is 13.8 Å². The van der Waals surface area contributed by atoms with Crippen molar-refractivity contribution in [3.8, 4) is 11.5 Å². The van der Waals surface area contributed by atoms with Crippen molar-refractivity contribution in [3.63, 3.8) is 0 Å². The molecule has 0 bridgehead atoms. The first-order valence-corrected chi connectivity index (χ1v) is 10.1. The van der Waals surface area contributed by atoms with Gasteiger partial charge in [-0.25, -0.2) is 9.19 Å². The quantitative estimate of drug-likeness (QED) is 0.550. The van der Waals surface area contributed by atoms with Crippen LogP contribution in [-0.2, 0) is 17.2 Å². The average molecular weight is 464 g/mol. The maximum Gasteiger partial charge on any atom is 0.417 e. The zero-order chi connectivity index (χ0) is 21.3. The minimum atomic E-state index is -4.67. The summed E-state index contributed by atoms with van der Waals surface area (Å²) < 4.78 is 56.4. The fourth-order valence-electron chi connectivity index (χ4n) is 2.48.